The van der Waals surface area contributed by atoms with Crippen molar-refractivity contribution in [3.8, 4) is 0 Å². The van der Waals surface area contributed by atoms with Gasteiger partial charge in [-0.05, 0) is 23.6 Å². The number of nitrogens with one attached hydrogen (secondary N) is 1. The Morgan fingerprint density at radius 2 is 1.82 bits per heavy atom. The number of para-hydroxylation sites is 1. The van der Waals surface area contributed by atoms with Crippen LogP contribution in [0.4, 0.5) is 5.69 Å². The molecule has 0 spiro atoms. The Kier molecular flexibility index (Phi) is 4.19. The van der Waals surface area contributed by atoms with E-state index in [2.05, 4.69) is 5.32 Å². The lowest BCUT2D eigenvalue weighted by atomic mass is 9.91. The number of anilines is 1. The second-order valence-corrected chi connectivity index (χ2v) is 5.40. The van der Waals surface area contributed by atoms with Gasteiger partial charge in [-0.3, -0.25) is 9.59 Å². The molecular weight excluding hydrogens is 278 g/mol. The second-order valence-electron chi connectivity index (χ2n) is 5.40. The molecule has 0 fully saturated rings. The van der Waals surface area contributed by atoms with E-state index in [1.807, 2.05) is 54.6 Å². The Bertz CT molecular complexity index is 682. The smallest absolute Gasteiger partial charge is 0.306 e. The van der Waals surface area contributed by atoms with Gasteiger partial charge in [-0.1, -0.05) is 48.5 Å². The first kappa shape index (κ1) is 14.3. The minimum atomic E-state index is -0.363. The molecule has 0 aliphatic carbocycles. The molecular formula is C18H17NO3. The summed E-state index contributed by atoms with van der Waals surface area (Å²) < 4.78 is 5.25. The molecule has 3 rings (SSSR count). The maximum absolute atomic E-state index is 12.0. The van der Waals surface area contributed by atoms with Crippen LogP contribution >= 0.6 is 0 Å². The molecule has 1 atom stereocenters. The number of rotatable bonds is 4. The highest BCUT2D eigenvalue weighted by molar-refractivity contribution is 5.97. The highest BCUT2D eigenvalue weighted by atomic mass is 16.5. The van der Waals surface area contributed by atoms with E-state index in [1.54, 1.807) is 0 Å². The normalized spacial score (nSPS) is 16.5. The molecule has 2 aromatic carbocycles. The van der Waals surface area contributed by atoms with E-state index in [4.69, 9.17) is 4.74 Å². The molecule has 4 heteroatoms. The average molecular weight is 295 g/mol. The van der Waals surface area contributed by atoms with Crippen LogP contribution < -0.4 is 5.32 Å². The fourth-order valence-electron chi connectivity index (χ4n) is 2.58. The fourth-order valence-corrected chi connectivity index (χ4v) is 2.58. The molecule has 22 heavy (non-hydrogen) atoms. The van der Waals surface area contributed by atoms with Crippen molar-refractivity contribution in [1.29, 1.82) is 0 Å². The zero-order valence-electron chi connectivity index (χ0n) is 12.1. The van der Waals surface area contributed by atoms with Crippen LogP contribution in [0.3, 0.4) is 0 Å². The zero-order chi connectivity index (χ0) is 15.4. The van der Waals surface area contributed by atoms with Gasteiger partial charge in [-0.25, -0.2) is 0 Å². The van der Waals surface area contributed by atoms with Gasteiger partial charge in [0.25, 0.3) is 0 Å². The number of carbonyl (C=O) groups is 2. The Hall–Kier alpha value is -2.62. The Morgan fingerprint density at radius 3 is 2.64 bits per heavy atom. The standard InChI is InChI=1S/C18H17NO3/c20-17(22-12-13-6-2-1-3-7-13)11-15-10-14-8-4-5-9-16(14)19-18(15)21/h1-9,15H,10-12H2,(H,19,21). The summed E-state index contributed by atoms with van der Waals surface area (Å²) in [5.74, 6) is -0.822. The van der Waals surface area contributed by atoms with Crippen LogP contribution in [0.1, 0.15) is 17.5 Å². The molecule has 2 aromatic rings. The van der Waals surface area contributed by atoms with Crippen LogP contribution in [0.2, 0.25) is 0 Å². The molecule has 0 saturated heterocycles. The van der Waals surface area contributed by atoms with Gasteiger partial charge >= 0.3 is 5.97 Å². The topological polar surface area (TPSA) is 55.4 Å². The van der Waals surface area contributed by atoms with Crippen molar-refractivity contribution in [2.75, 3.05) is 5.32 Å². The molecule has 1 N–H and O–H groups in total. The molecule has 0 saturated carbocycles. The lowest BCUT2D eigenvalue weighted by Gasteiger charge is -2.23. The van der Waals surface area contributed by atoms with Gasteiger partial charge in [0.15, 0.2) is 0 Å². The molecule has 1 amide bonds. The van der Waals surface area contributed by atoms with Crippen molar-refractivity contribution >= 4 is 17.6 Å². The number of hydrogen-bond donors (Lipinski definition) is 1. The van der Waals surface area contributed by atoms with Crippen molar-refractivity contribution in [1.82, 2.24) is 0 Å². The zero-order valence-corrected chi connectivity index (χ0v) is 12.1. The summed E-state index contributed by atoms with van der Waals surface area (Å²) in [5.41, 5.74) is 2.83. The van der Waals surface area contributed by atoms with E-state index in [1.165, 1.54) is 0 Å². The molecule has 4 nitrogen and oxygen atoms in total. The predicted molar refractivity (Wildman–Crippen MR) is 83.1 cm³/mol. The van der Waals surface area contributed by atoms with Gasteiger partial charge in [0.1, 0.15) is 6.61 Å². The summed E-state index contributed by atoms with van der Waals surface area (Å²) in [4.78, 5) is 24.0. The molecule has 112 valence electrons. The monoisotopic (exact) mass is 295 g/mol. The van der Waals surface area contributed by atoms with Gasteiger partial charge < -0.3 is 10.1 Å². The Balaban J connectivity index is 1.57. The highest BCUT2D eigenvalue weighted by Crippen LogP contribution is 2.27. The molecule has 1 aliphatic heterocycles. The number of esters is 1. The predicted octanol–water partition coefficient (Wildman–Crippen LogP) is 2.93. The number of ether oxygens (including phenoxy) is 1. The summed E-state index contributed by atoms with van der Waals surface area (Å²) in [6, 6.07) is 17.2. The van der Waals surface area contributed by atoms with Crippen molar-refractivity contribution in [3.05, 3.63) is 65.7 Å². The van der Waals surface area contributed by atoms with E-state index in [-0.39, 0.29) is 30.8 Å². The first-order valence-electron chi connectivity index (χ1n) is 7.30. The highest BCUT2D eigenvalue weighted by Gasteiger charge is 2.28. The third kappa shape index (κ3) is 3.34. The van der Waals surface area contributed by atoms with Crippen molar-refractivity contribution in [3.63, 3.8) is 0 Å². The molecule has 1 aliphatic rings. The van der Waals surface area contributed by atoms with Crippen molar-refractivity contribution in [2.45, 2.75) is 19.4 Å². The first-order chi connectivity index (χ1) is 10.7. The average Bonchev–Trinajstić information content (AvgIpc) is 2.55. The SMILES string of the molecule is O=C(CC1Cc2ccccc2NC1=O)OCc1ccccc1. The van der Waals surface area contributed by atoms with Crippen LogP contribution in [-0.2, 0) is 27.4 Å². The Labute approximate surface area is 129 Å². The summed E-state index contributed by atoms with van der Waals surface area (Å²) in [5, 5.41) is 2.84. The van der Waals surface area contributed by atoms with E-state index in [0.717, 1.165) is 16.8 Å². The summed E-state index contributed by atoms with van der Waals surface area (Å²) in [7, 11) is 0. The van der Waals surface area contributed by atoms with Gasteiger partial charge in [-0.2, -0.15) is 0 Å². The van der Waals surface area contributed by atoms with E-state index in [0.29, 0.717) is 6.42 Å². The quantitative estimate of drug-likeness (QED) is 0.882. The van der Waals surface area contributed by atoms with Gasteiger partial charge in [-0.15, -0.1) is 0 Å². The largest absolute Gasteiger partial charge is 0.461 e. The second kappa shape index (κ2) is 6.43. The van der Waals surface area contributed by atoms with Crippen LogP contribution in [-0.4, -0.2) is 11.9 Å². The van der Waals surface area contributed by atoms with Crippen molar-refractivity contribution < 1.29 is 14.3 Å². The summed E-state index contributed by atoms with van der Waals surface area (Å²) in [6.45, 7) is 0.241. The maximum Gasteiger partial charge on any atom is 0.306 e. The molecule has 0 bridgehead atoms. The van der Waals surface area contributed by atoms with Crippen molar-refractivity contribution in [2.24, 2.45) is 5.92 Å². The number of hydrogen-bond acceptors (Lipinski definition) is 3. The minimum absolute atomic E-state index is 0.104. The summed E-state index contributed by atoms with van der Waals surface area (Å²) >= 11 is 0. The molecule has 0 radical (unpaired) electrons. The number of benzene rings is 2. The third-order valence-corrected chi connectivity index (χ3v) is 3.77. The van der Waals surface area contributed by atoms with E-state index in [9.17, 15) is 9.59 Å². The third-order valence-electron chi connectivity index (χ3n) is 3.77. The van der Waals surface area contributed by atoms with Crippen LogP contribution in [0.25, 0.3) is 0 Å². The van der Waals surface area contributed by atoms with Gasteiger partial charge in [0.05, 0.1) is 12.3 Å². The fraction of sp³-hybridized carbons (Fsp3) is 0.222. The van der Waals surface area contributed by atoms with Crippen LogP contribution in [0.15, 0.2) is 54.6 Å². The Morgan fingerprint density at radius 1 is 1.09 bits per heavy atom. The molecule has 0 aromatic heterocycles. The van der Waals surface area contributed by atoms with E-state index >= 15 is 0 Å². The minimum Gasteiger partial charge on any atom is -0.461 e. The molecule has 1 heterocycles. The van der Waals surface area contributed by atoms with Gasteiger partial charge in [0.2, 0.25) is 5.91 Å². The maximum atomic E-state index is 12.0. The van der Waals surface area contributed by atoms with Gasteiger partial charge in [0, 0.05) is 5.69 Å². The number of carbonyl (C=O) groups excluding carboxylic acids is 2. The lowest BCUT2D eigenvalue weighted by molar-refractivity contribution is -0.147. The summed E-state index contributed by atoms with van der Waals surface area (Å²) in [6.07, 6.45) is 0.676. The first-order valence-corrected chi connectivity index (χ1v) is 7.30. The van der Waals surface area contributed by atoms with E-state index < -0.39 is 0 Å². The van der Waals surface area contributed by atoms with Crippen LogP contribution in [0.5, 0.6) is 0 Å². The van der Waals surface area contributed by atoms with Crippen LogP contribution in [0, 0.1) is 5.92 Å². The lowest BCUT2D eigenvalue weighted by Crippen LogP contribution is -2.31. The molecule has 1 unspecified atom stereocenters. The number of amides is 1. The number of fused-ring (bicyclic) bond motifs is 1.